The Kier molecular flexibility index (Phi) is 17.6. The summed E-state index contributed by atoms with van der Waals surface area (Å²) >= 11 is 1.42. The number of carbonyl (C=O) groups is 7. The number of aliphatic imine (C=N–C) groups is 1. The molecular formula is C33H54N12O9S. The molecule has 0 radical (unpaired) electrons. The highest BCUT2D eigenvalue weighted by molar-refractivity contribution is 7.98. The van der Waals surface area contributed by atoms with Crippen LogP contribution in [0.5, 0.6) is 0 Å². The average molecular weight is 795 g/mol. The summed E-state index contributed by atoms with van der Waals surface area (Å²) in [6, 6.07) is -7.84. The number of carbonyl (C=O) groups excluding carboxylic acids is 6. The number of carboxylic acids is 1. The minimum atomic E-state index is -1.51. The van der Waals surface area contributed by atoms with Gasteiger partial charge in [-0.3, -0.25) is 33.8 Å². The third kappa shape index (κ3) is 13.1. The quantitative estimate of drug-likeness (QED) is 0.0323. The molecule has 0 aromatic carbocycles. The molecule has 21 nitrogen and oxygen atoms in total. The predicted octanol–water partition coefficient (Wildman–Crippen LogP) is -3.90. The average Bonchev–Trinajstić information content (AvgIpc) is 3.95. The number of nitrogens with one attached hydrogen (secondary N) is 5. The van der Waals surface area contributed by atoms with Crippen molar-refractivity contribution in [2.75, 3.05) is 38.2 Å². The van der Waals surface area contributed by atoms with Crippen LogP contribution in [0.1, 0.15) is 57.6 Å². The van der Waals surface area contributed by atoms with Crippen LogP contribution in [0.2, 0.25) is 0 Å². The molecule has 2 aliphatic rings. The fraction of sp³-hybridized carbons (Fsp3) is 0.667. The van der Waals surface area contributed by atoms with E-state index in [0.29, 0.717) is 37.3 Å². The Balaban J connectivity index is 1.59. The number of imidazole rings is 1. The van der Waals surface area contributed by atoms with Crippen LogP contribution in [0.3, 0.4) is 0 Å². The molecule has 0 aliphatic carbocycles. The van der Waals surface area contributed by atoms with Crippen molar-refractivity contribution < 1.29 is 43.8 Å². The maximum absolute atomic E-state index is 13.5. The van der Waals surface area contributed by atoms with Gasteiger partial charge in [0.1, 0.15) is 36.3 Å². The lowest BCUT2D eigenvalue weighted by Crippen LogP contribution is -2.60. The summed E-state index contributed by atoms with van der Waals surface area (Å²) in [7, 11) is 0. The van der Waals surface area contributed by atoms with E-state index in [-0.39, 0.29) is 51.2 Å². The molecule has 2 saturated heterocycles. The summed E-state index contributed by atoms with van der Waals surface area (Å²) in [6.45, 7) is 1.20. The molecule has 0 saturated carbocycles. The van der Waals surface area contributed by atoms with Gasteiger partial charge in [0, 0.05) is 37.9 Å². The van der Waals surface area contributed by atoms with Gasteiger partial charge >= 0.3 is 5.97 Å². The van der Waals surface area contributed by atoms with E-state index < -0.39 is 90.3 Å². The molecule has 7 atom stereocenters. The van der Waals surface area contributed by atoms with Crippen molar-refractivity contribution in [2.24, 2.45) is 22.2 Å². The topological polar surface area (TPSA) is 334 Å². The zero-order chi connectivity index (χ0) is 40.7. The van der Waals surface area contributed by atoms with Crippen molar-refractivity contribution >= 4 is 59.1 Å². The number of guanidine groups is 1. The van der Waals surface area contributed by atoms with Crippen molar-refractivity contribution in [1.82, 2.24) is 41.0 Å². The van der Waals surface area contributed by atoms with Crippen molar-refractivity contribution in [1.29, 1.82) is 0 Å². The third-order valence-corrected chi connectivity index (χ3v) is 9.98. The second-order valence-corrected chi connectivity index (χ2v) is 14.4. The van der Waals surface area contributed by atoms with Crippen LogP contribution in [0.25, 0.3) is 0 Å². The number of amides is 6. The highest BCUT2D eigenvalue weighted by atomic mass is 32.2. The molecule has 55 heavy (non-hydrogen) atoms. The van der Waals surface area contributed by atoms with E-state index in [1.54, 1.807) is 6.20 Å². The van der Waals surface area contributed by atoms with E-state index in [9.17, 15) is 43.8 Å². The summed E-state index contributed by atoms with van der Waals surface area (Å²) in [5.74, 6) is -4.87. The van der Waals surface area contributed by atoms with Gasteiger partial charge in [0.25, 0.3) is 0 Å². The fourth-order valence-electron chi connectivity index (χ4n) is 6.43. The number of nitrogens with zero attached hydrogens (tertiary/aromatic N) is 4. The number of aromatic amines is 1. The van der Waals surface area contributed by atoms with Crippen molar-refractivity contribution in [3.05, 3.63) is 18.2 Å². The standard InChI is InChI=1S/C33H54N12O9S/c1-18(30(51)44-11-4-7-24(44)29(50)42-22(32(53)54)6-3-10-38-33(35)36)40-27(48)23(16-46)43-26(47)21(9-13-55-2)41-28(49)25-8-5-12-45(25)31(52)20(34)14-19-15-37-17-39-19/h15,17-18,20-25,46H,3-14,16,34H2,1-2H3,(H,37,39)(H,40,48)(H,41,49)(H,42,50)(H,43,47)(H,53,54)(H4,35,36,38)/t18-,20-,21-,22-,23-,24-,25-/m0/s1. The summed E-state index contributed by atoms with van der Waals surface area (Å²) in [6.07, 6.45) is 7.17. The predicted molar refractivity (Wildman–Crippen MR) is 201 cm³/mol. The van der Waals surface area contributed by atoms with Gasteiger partial charge < -0.3 is 63.5 Å². The summed E-state index contributed by atoms with van der Waals surface area (Å²) in [4.78, 5) is 105. The molecule has 1 aromatic rings. The number of hydrogen-bond acceptors (Lipinski definition) is 12. The first-order valence-electron chi connectivity index (χ1n) is 18.1. The van der Waals surface area contributed by atoms with Crippen LogP contribution < -0.4 is 38.5 Å². The van der Waals surface area contributed by atoms with Crippen LogP contribution in [0.15, 0.2) is 17.5 Å². The van der Waals surface area contributed by atoms with Gasteiger partial charge in [-0.05, 0) is 63.9 Å². The van der Waals surface area contributed by atoms with Crippen LogP contribution in [-0.2, 0) is 40.0 Å². The Morgan fingerprint density at radius 2 is 1.53 bits per heavy atom. The molecule has 2 fully saturated rings. The van der Waals surface area contributed by atoms with E-state index >= 15 is 0 Å². The Morgan fingerprint density at radius 3 is 2.07 bits per heavy atom. The smallest absolute Gasteiger partial charge is 0.326 e. The van der Waals surface area contributed by atoms with Crippen molar-refractivity contribution in [2.45, 2.75) is 101 Å². The van der Waals surface area contributed by atoms with E-state index in [2.05, 4.69) is 36.2 Å². The summed E-state index contributed by atoms with van der Waals surface area (Å²) in [5, 5.41) is 29.8. The number of aliphatic carboxylic acids is 1. The van der Waals surface area contributed by atoms with Crippen LogP contribution in [-0.4, -0.2) is 158 Å². The number of hydrogen-bond donors (Lipinski definition) is 10. The fourth-order valence-corrected chi connectivity index (χ4v) is 6.90. The molecule has 2 aliphatic heterocycles. The van der Waals surface area contributed by atoms with Crippen molar-refractivity contribution in [3.8, 4) is 0 Å². The molecule has 0 spiro atoms. The number of thioether (sulfide) groups is 1. The number of nitrogens with two attached hydrogens (primary N) is 3. The Hall–Kier alpha value is -4.96. The number of aliphatic hydroxyl groups is 1. The molecule has 3 heterocycles. The molecule has 3 rings (SSSR count). The van der Waals surface area contributed by atoms with Gasteiger partial charge in [-0.15, -0.1) is 0 Å². The van der Waals surface area contributed by atoms with Crippen LogP contribution >= 0.6 is 11.8 Å². The number of rotatable bonds is 21. The first kappa shape index (κ1) is 44.4. The molecule has 0 unspecified atom stereocenters. The Bertz CT molecular complexity index is 1530. The number of carboxylic acid groups (broad SMARTS) is 1. The zero-order valence-corrected chi connectivity index (χ0v) is 31.9. The van der Waals surface area contributed by atoms with E-state index in [1.807, 2.05) is 6.26 Å². The van der Waals surface area contributed by atoms with Crippen LogP contribution in [0.4, 0.5) is 0 Å². The SMILES string of the molecule is CSCC[C@H](NC(=O)[C@@H]1CCCN1C(=O)[C@@H](N)Cc1cnc[nH]1)C(=O)N[C@@H](CO)C(=O)N[C@@H](C)C(=O)N1CCC[C@H]1C(=O)N[C@@H](CCCN=C(N)N)C(=O)O. The van der Waals surface area contributed by atoms with E-state index in [0.717, 1.165) is 0 Å². The minimum absolute atomic E-state index is 0.0434. The zero-order valence-electron chi connectivity index (χ0n) is 31.1. The highest BCUT2D eigenvalue weighted by Gasteiger charge is 2.40. The number of aromatic nitrogens is 2. The summed E-state index contributed by atoms with van der Waals surface area (Å²) in [5.41, 5.74) is 17.4. The molecular weight excluding hydrogens is 741 g/mol. The number of aliphatic hydroxyl groups excluding tert-OH is 1. The van der Waals surface area contributed by atoms with Gasteiger partial charge in [-0.25, -0.2) is 9.78 Å². The first-order valence-corrected chi connectivity index (χ1v) is 19.5. The molecule has 0 bridgehead atoms. The van der Waals surface area contributed by atoms with Gasteiger partial charge in [0.15, 0.2) is 5.96 Å². The van der Waals surface area contributed by atoms with E-state index in [4.69, 9.17) is 17.2 Å². The minimum Gasteiger partial charge on any atom is -0.480 e. The molecule has 1 aromatic heterocycles. The molecule has 13 N–H and O–H groups in total. The van der Waals surface area contributed by atoms with E-state index in [1.165, 1.54) is 34.8 Å². The Morgan fingerprint density at radius 1 is 0.927 bits per heavy atom. The van der Waals surface area contributed by atoms with Gasteiger partial charge in [-0.1, -0.05) is 0 Å². The lowest BCUT2D eigenvalue weighted by atomic mass is 10.1. The number of likely N-dealkylation sites (tertiary alicyclic amines) is 2. The maximum atomic E-state index is 13.5. The van der Waals surface area contributed by atoms with Crippen molar-refractivity contribution in [3.63, 3.8) is 0 Å². The monoisotopic (exact) mass is 794 g/mol. The van der Waals surface area contributed by atoms with Gasteiger partial charge in [-0.2, -0.15) is 11.8 Å². The molecule has 22 heteroatoms. The largest absolute Gasteiger partial charge is 0.480 e. The molecule has 306 valence electrons. The third-order valence-electron chi connectivity index (χ3n) is 9.34. The second kappa shape index (κ2) is 21.8. The molecule has 6 amide bonds. The normalized spacial score (nSPS) is 19.3. The van der Waals surface area contributed by atoms with Gasteiger partial charge in [0.2, 0.25) is 35.4 Å². The van der Waals surface area contributed by atoms with Gasteiger partial charge in [0.05, 0.1) is 19.0 Å². The lowest BCUT2D eigenvalue weighted by molar-refractivity contribution is -0.145. The lowest BCUT2D eigenvalue weighted by Gasteiger charge is -2.29. The Labute approximate surface area is 322 Å². The summed E-state index contributed by atoms with van der Waals surface area (Å²) < 4.78 is 0. The number of H-pyrrole nitrogens is 1. The highest BCUT2D eigenvalue weighted by Crippen LogP contribution is 2.21. The first-order chi connectivity index (χ1) is 26.2. The second-order valence-electron chi connectivity index (χ2n) is 13.4. The maximum Gasteiger partial charge on any atom is 0.326 e. The van der Waals surface area contributed by atoms with Crippen LogP contribution in [0, 0.1) is 0 Å².